The SMILES string of the molecule is CCOC(C(=O)NCc1ccc(C#N)cc1)c1c(F)ccc(C(N)=O)c1F. The maximum atomic E-state index is 14.5. The molecule has 0 aliphatic rings. The van der Waals surface area contributed by atoms with Crippen LogP contribution in [0.25, 0.3) is 0 Å². The van der Waals surface area contributed by atoms with Crippen molar-refractivity contribution in [3.05, 3.63) is 70.3 Å². The molecule has 0 aliphatic carbocycles. The predicted molar refractivity (Wildman–Crippen MR) is 92.2 cm³/mol. The summed E-state index contributed by atoms with van der Waals surface area (Å²) in [6.07, 6.45) is -1.59. The van der Waals surface area contributed by atoms with E-state index in [-0.39, 0.29) is 13.2 Å². The molecule has 0 saturated carbocycles. The highest BCUT2D eigenvalue weighted by Crippen LogP contribution is 2.26. The highest BCUT2D eigenvalue weighted by molar-refractivity contribution is 5.94. The average Bonchev–Trinajstić information content (AvgIpc) is 2.65. The van der Waals surface area contributed by atoms with Gasteiger partial charge in [-0.15, -0.1) is 0 Å². The van der Waals surface area contributed by atoms with Gasteiger partial charge in [0.1, 0.15) is 11.6 Å². The zero-order valence-electron chi connectivity index (χ0n) is 14.5. The lowest BCUT2D eigenvalue weighted by Crippen LogP contribution is -2.32. The van der Waals surface area contributed by atoms with E-state index >= 15 is 0 Å². The molecule has 2 rings (SSSR count). The Hall–Kier alpha value is -3.31. The molecule has 0 heterocycles. The fourth-order valence-electron chi connectivity index (χ4n) is 2.44. The van der Waals surface area contributed by atoms with Crippen LogP contribution in [-0.4, -0.2) is 18.4 Å². The van der Waals surface area contributed by atoms with E-state index in [2.05, 4.69) is 5.32 Å². The van der Waals surface area contributed by atoms with Crippen LogP contribution in [0.3, 0.4) is 0 Å². The van der Waals surface area contributed by atoms with E-state index in [1.165, 1.54) is 0 Å². The van der Waals surface area contributed by atoms with Gasteiger partial charge in [-0.3, -0.25) is 9.59 Å². The number of nitrogens with one attached hydrogen (secondary N) is 1. The molecule has 0 saturated heterocycles. The lowest BCUT2D eigenvalue weighted by Gasteiger charge is -2.19. The number of benzene rings is 2. The lowest BCUT2D eigenvalue weighted by atomic mass is 10.0. The van der Waals surface area contributed by atoms with E-state index in [0.29, 0.717) is 11.1 Å². The number of nitrogens with zero attached hydrogens (tertiary/aromatic N) is 1. The van der Waals surface area contributed by atoms with E-state index in [1.807, 2.05) is 6.07 Å². The Morgan fingerprint density at radius 3 is 2.44 bits per heavy atom. The smallest absolute Gasteiger partial charge is 0.254 e. The standard InChI is InChI=1S/C19H17F2N3O3/c1-2-27-17(15-14(20)8-7-13(16(15)21)18(23)25)19(26)24-10-12-5-3-11(9-22)4-6-12/h3-8,17H,2,10H2,1H3,(H2,23,25)(H,24,26). The van der Waals surface area contributed by atoms with Crippen molar-refractivity contribution in [1.29, 1.82) is 5.26 Å². The van der Waals surface area contributed by atoms with Crippen LogP contribution in [0.1, 0.15) is 40.1 Å². The number of nitrogens with two attached hydrogens (primary N) is 1. The van der Waals surface area contributed by atoms with E-state index in [4.69, 9.17) is 15.7 Å². The predicted octanol–water partition coefficient (Wildman–Crippen LogP) is 2.33. The Bertz CT molecular complexity index is 892. The minimum Gasteiger partial charge on any atom is -0.366 e. The van der Waals surface area contributed by atoms with Crippen molar-refractivity contribution in [2.45, 2.75) is 19.6 Å². The van der Waals surface area contributed by atoms with Crippen molar-refractivity contribution in [1.82, 2.24) is 5.32 Å². The maximum absolute atomic E-state index is 14.5. The number of ether oxygens (including phenoxy) is 1. The summed E-state index contributed by atoms with van der Waals surface area (Å²) in [5.41, 5.74) is 5.02. The van der Waals surface area contributed by atoms with E-state index < -0.39 is 40.7 Å². The summed E-state index contributed by atoms with van der Waals surface area (Å²) in [7, 11) is 0. The molecule has 0 radical (unpaired) electrons. The zero-order chi connectivity index (χ0) is 20.0. The van der Waals surface area contributed by atoms with Gasteiger partial charge < -0.3 is 15.8 Å². The highest BCUT2D eigenvalue weighted by atomic mass is 19.1. The molecule has 2 aromatic rings. The van der Waals surface area contributed by atoms with Gasteiger partial charge >= 0.3 is 0 Å². The average molecular weight is 373 g/mol. The Labute approximate surface area is 154 Å². The minimum absolute atomic E-state index is 0.00856. The van der Waals surface area contributed by atoms with Crippen LogP contribution in [0, 0.1) is 23.0 Å². The summed E-state index contributed by atoms with van der Waals surface area (Å²) in [6, 6.07) is 10.2. The molecular formula is C19H17F2N3O3. The number of rotatable bonds is 7. The molecule has 8 heteroatoms. The number of hydrogen-bond donors (Lipinski definition) is 2. The zero-order valence-corrected chi connectivity index (χ0v) is 14.5. The van der Waals surface area contributed by atoms with Gasteiger partial charge in [0.2, 0.25) is 0 Å². The van der Waals surface area contributed by atoms with Gasteiger partial charge in [-0.1, -0.05) is 12.1 Å². The molecule has 2 aromatic carbocycles. The summed E-state index contributed by atoms with van der Waals surface area (Å²) in [5.74, 6) is -4.11. The van der Waals surface area contributed by atoms with E-state index in [0.717, 1.165) is 12.1 Å². The van der Waals surface area contributed by atoms with E-state index in [1.54, 1.807) is 31.2 Å². The van der Waals surface area contributed by atoms with Crippen LogP contribution < -0.4 is 11.1 Å². The molecular weight excluding hydrogens is 356 g/mol. The number of carbonyl (C=O) groups excluding carboxylic acids is 2. The second-order valence-electron chi connectivity index (χ2n) is 5.55. The quantitative estimate of drug-likeness (QED) is 0.777. The van der Waals surface area contributed by atoms with Crippen LogP contribution >= 0.6 is 0 Å². The van der Waals surface area contributed by atoms with Crippen molar-refractivity contribution in [3.63, 3.8) is 0 Å². The largest absolute Gasteiger partial charge is 0.366 e. The molecule has 0 fully saturated rings. The first-order chi connectivity index (χ1) is 12.9. The van der Waals surface area contributed by atoms with Crippen molar-refractivity contribution < 1.29 is 23.1 Å². The van der Waals surface area contributed by atoms with E-state index in [9.17, 15) is 18.4 Å². The van der Waals surface area contributed by atoms with Gasteiger partial charge in [0.25, 0.3) is 11.8 Å². The topological polar surface area (TPSA) is 105 Å². The Balaban J connectivity index is 2.26. The third-order valence-corrected chi connectivity index (χ3v) is 3.78. The van der Waals surface area contributed by atoms with Crippen molar-refractivity contribution >= 4 is 11.8 Å². The highest BCUT2D eigenvalue weighted by Gasteiger charge is 2.30. The first-order valence-corrected chi connectivity index (χ1v) is 8.05. The molecule has 0 aliphatic heterocycles. The summed E-state index contributed by atoms with van der Waals surface area (Å²) < 4.78 is 33.9. The molecule has 27 heavy (non-hydrogen) atoms. The summed E-state index contributed by atoms with van der Waals surface area (Å²) in [5, 5.41) is 11.3. The maximum Gasteiger partial charge on any atom is 0.254 e. The first kappa shape index (κ1) is 20.0. The Morgan fingerprint density at radius 1 is 1.22 bits per heavy atom. The second kappa shape index (κ2) is 8.87. The Kier molecular flexibility index (Phi) is 6.57. The number of carbonyl (C=O) groups is 2. The molecule has 1 atom stereocenters. The van der Waals surface area contributed by atoms with Gasteiger partial charge in [0.15, 0.2) is 6.10 Å². The monoisotopic (exact) mass is 373 g/mol. The fourth-order valence-corrected chi connectivity index (χ4v) is 2.44. The first-order valence-electron chi connectivity index (χ1n) is 8.05. The molecule has 2 amide bonds. The minimum atomic E-state index is -1.59. The van der Waals surface area contributed by atoms with Crippen molar-refractivity contribution in [2.24, 2.45) is 5.73 Å². The molecule has 0 bridgehead atoms. The molecule has 3 N–H and O–H groups in total. The Morgan fingerprint density at radius 2 is 1.89 bits per heavy atom. The lowest BCUT2D eigenvalue weighted by molar-refractivity contribution is -0.133. The second-order valence-corrected chi connectivity index (χ2v) is 5.55. The normalized spacial score (nSPS) is 11.5. The van der Waals surface area contributed by atoms with Crippen LogP contribution in [0.4, 0.5) is 8.78 Å². The molecule has 6 nitrogen and oxygen atoms in total. The van der Waals surface area contributed by atoms with Gasteiger partial charge in [0.05, 0.1) is 22.8 Å². The fraction of sp³-hybridized carbons (Fsp3) is 0.211. The third-order valence-electron chi connectivity index (χ3n) is 3.78. The van der Waals surface area contributed by atoms with Crippen LogP contribution in [0.5, 0.6) is 0 Å². The molecule has 0 spiro atoms. The van der Waals surface area contributed by atoms with Gasteiger partial charge in [-0.05, 0) is 36.8 Å². The number of nitriles is 1. The summed E-state index contributed by atoms with van der Waals surface area (Å²) in [4.78, 5) is 23.8. The van der Waals surface area contributed by atoms with Crippen molar-refractivity contribution in [3.8, 4) is 6.07 Å². The van der Waals surface area contributed by atoms with Gasteiger partial charge in [0, 0.05) is 13.2 Å². The molecule has 0 aromatic heterocycles. The number of halogens is 2. The van der Waals surface area contributed by atoms with Crippen LogP contribution in [-0.2, 0) is 16.1 Å². The van der Waals surface area contributed by atoms with Crippen molar-refractivity contribution in [2.75, 3.05) is 6.61 Å². The van der Waals surface area contributed by atoms with Gasteiger partial charge in [-0.25, -0.2) is 8.78 Å². The summed E-state index contributed by atoms with van der Waals surface area (Å²) in [6.45, 7) is 1.64. The van der Waals surface area contributed by atoms with Crippen LogP contribution in [0.15, 0.2) is 36.4 Å². The number of primary amides is 1. The summed E-state index contributed by atoms with van der Waals surface area (Å²) >= 11 is 0. The third kappa shape index (κ3) is 4.65. The number of hydrogen-bond acceptors (Lipinski definition) is 4. The van der Waals surface area contributed by atoms with Gasteiger partial charge in [-0.2, -0.15) is 5.26 Å². The molecule has 1 unspecified atom stereocenters. The van der Waals surface area contributed by atoms with Crippen LogP contribution in [0.2, 0.25) is 0 Å². The molecule has 140 valence electrons. The number of amides is 2.